The molecule has 0 radical (unpaired) electrons. The van der Waals surface area contributed by atoms with E-state index in [0.29, 0.717) is 11.5 Å². The second-order valence-corrected chi connectivity index (χ2v) is 21.9. The molecule has 51 heavy (non-hydrogen) atoms. The summed E-state index contributed by atoms with van der Waals surface area (Å²) in [5.74, 6) is 0.785. The molecule has 0 aliphatic carbocycles. The van der Waals surface area contributed by atoms with Crippen molar-refractivity contribution in [3.63, 3.8) is 0 Å². The molecule has 2 unspecified atom stereocenters. The molecule has 0 bridgehead atoms. The topological polar surface area (TPSA) is 40.5 Å². The van der Waals surface area contributed by atoms with Crippen molar-refractivity contribution in [1.82, 2.24) is 0 Å². The SMILES string of the molecule is CC(C)(C)c1cccc([PH+](c2ccccc2)c2ccccc2-c2ccccc2[PH+](c2ccccc2)c2cccc(C(C)(C)C)c2O)c1O.[Cl][Ti][Cl]. The molecule has 6 aromatic rings. The maximum atomic E-state index is 11.9. The molecular formula is C44H46Cl2O2P2Ti+2. The summed E-state index contributed by atoms with van der Waals surface area (Å²) >= 11 is -0.556. The van der Waals surface area contributed by atoms with E-state index in [-0.39, 0.29) is 10.8 Å². The molecule has 2 N–H and O–H groups in total. The van der Waals surface area contributed by atoms with Crippen molar-refractivity contribution in [1.29, 1.82) is 0 Å². The molecule has 260 valence electrons. The standard InChI is InChI=1S/C44H44O2P2.2ClH.Ti/c1-43(2,3)35-25-17-29-39(41(35)45)47(31-19-9-7-10-20-31)37-27-15-13-23-33(37)34-24-14-16-28-38(34)48(32-21-11-8-12-22-32)40-30-18-26-36(42(40)46)44(4,5)6;;;/h7-30,45-46H,1-6H3;2*1H;/q;;;+2. The third-order valence-corrected chi connectivity index (χ3v) is 14.7. The van der Waals surface area contributed by atoms with E-state index in [4.69, 9.17) is 18.6 Å². The zero-order valence-corrected chi connectivity index (χ0v) is 35.1. The van der Waals surface area contributed by atoms with Gasteiger partial charge in [-0.2, -0.15) is 0 Å². The van der Waals surface area contributed by atoms with Gasteiger partial charge in [-0.05, 0) is 59.4 Å². The third kappa shape index (κ3) is 9.00. The minimum absolute atomic E-state index is 0.202. The Kier molecular flexibility index (Phi) is 13.3. The van der Waals surface area contributed by atoms with Crippen molar-refractivity contribution < 1.29 is 27.2 Å². The fourth-order valence-electron chi connectivity index (χ4n) is 6.69. The van der Waals surface area contributed by atoms with Crippen LogP contribution in [-0.4, -0.2) is 10.2 Å². The van der Waals surface area contributed by atoms with E-state index in [9.17, 15) is 10.2 Å². The number of para-hydroxylation sites is 2. The molecule has 0 spiro atoms. The first-order valence-corrected chi connectivity index (χ1v) is 24.3. The van der Waals surface area contributed by atoms with Gasteiger partial charge in [0.2, 0.25) is 0 Å². The van der Waals surface area contributed by atoms with Crippen LogP contribution in [-0.2, 0) is 27.9 Å². The van der Waals surface area contributed by atoms with E-state index in [0.717, 1.165) is 32.9 Å². The first-order chi connectivity index (χ1) is 24.4. The molecule has 0 aliphatic heterocycles. The second kappa shape index (κ2) is 17.3. The van der Waals surface area contributed by atoms with E-state index in [2.05, 4.69) is 187 Å². The van der Waals surface area contributed by atoms with Gasteiger partial charge in [-0.15, -0.1) is 0 Å². The number of phenolic OH excluding ortho intramolecular Hbond substituents is 2. The summed E-state index contributed by atoms with van der Waals surface area (Å²) < 4.78 is 0. The normalized spacial score (nSPS) is 12.7. The third-order valence-electron chi connectivity index (χ3n) is 9.03. The zero-order chi connectivity index (χ0) is 36.8. The van der Waals surface area contributed by atoms with E-state index < -0.39 is 32.9 Å². The summed E-state index contributed by atoms with van der Waals surface area (Å²) in [4.78, 5) is 0. The Bertz CT molecular complexity index is 1910. The Balaban J connectivity index is 0.00000162. The molecule has 0 amide bonds. The average Bonchev–Trinajstić information content (AvgIpc) is 3.11. The van der Waals surface area contributed by atoms with Gasteiger partial charge in [0.15, 0.2) is 11.5 Å². The molecule has 0 saturated carbocycles. The minimum atomic E-state index is -1.66. The summed E-state index contributed by atoms with van der Waals surface area (Å²) in [6, 6.07) is 51.3. The summed E-state index contributed by atoms with van der Waals surface area (Å²) in [6.07, 6.45) is 0. The molecule has 0 aromatic heterocycles. The molecule has 0 aliphatic rings. The van der Waals surface area contributed by atoms with E-state index in [1.54, 1.807) is 0 Å². The molecule has 0 fully saturated rings. The molecule has 6 rings (SSSR count). The van der Waals surface area contributed by atoms with Crippen molar-refractivity contribution in [2.75, 3.05) is 0 Å². The van der Waals surface area contributed by atoms with Crippen LogP contribution < -0.4 is 31.8 Å². The van der Waals surface area contributed by atoms with Crippen LogP contribution in [0.5, 0.6) is 11.5 Å². The van der Waals surface area contributed by atoms with Gasteiger partial charge in [0.25, 0.3) is 0 Å². The number of phenols is 2. The Morgan fingerprint density at radius 3 is 1.04 bits per heavy atom. The van der Waals surface area contributed by atoms with Gasteiger partial charge < -0.3 is 10.2 Å². The van der Waals surface area contributed by atoms with E-state index >= 15 is 0 Å². The fraction of sp³-hybridized carbons (Fsp3) is 0.182. The van der Waals surface area contributed by atoms with Crippen LogP contribution in [0.2, 0.25) is 0 Å². The molecular weight excluding hydrogens is 741 g/mol. The van der Waals surface area contributed by atoms with Crippen molar-refractivity contribution >= 4 is 66.3 Å². The number of hydrogen-bond acceptors (Lipinski definition) is 2. The Hall–Kier alpha value is -2.93. The summed E-state index contributed by atoms with van der Waals surface area (Å²) in [6.45, 7) is 12.9. The second-order valence-electron chi connectivity index (χ2n) is 14.5. The summed E-state index contributed by atoms with van der Waals surface area (Å²) in [7, 11) is 6.46. The average molecular weight is 788 g/mol. The Morgan fingerprint density at radius 1 is 0.412 bits per heavy atom. The van der Waals surface area contributed by atoms with Gasteiger partial charge in [-0.1, -0.05) is 139 Å². The number of rotatable bonds is 7. The fourth-order valence-corrected chi connectivity index (χ4v) is 12.3. The van der Waals surface area contributed by atoms with Crippen LogP contribution in [0, 0.1) is 0 Å². The van der Waals surface area contributed by atoms with Crippen LogP contribution in [0.15, 0.2) is 146 Å². The predicted molar refractivity (Wildman–Crippen MR) is 225 cm³/mol. The van der Waals surface area contributed by atoms with Crippen molar-refractivity contribution in [3.8, 4) is 22.6 Å². The molecule has 2 nitrogen and oxygen atoms in total. The Labute approximate surface area is 323 Å². The zero-order valence-electron chi connectivity index (χ0n) is 30.0. The van der Waals surface area contributed by atoms with E-state index in [1.165, 1.54) is 21.2 Å². The molecule has 7 heteroatoms. The van der Waals surface area contributed by atoms with E-state index in [1.807, 2.05) is 0 Å². The number of halogens is 2. The van der Waals surface area contributed by atoms with Crippen molar-refractivity contribution in [2.45, 2.75) is 52.4 Å². The summed E-state index contributed by atoms with van der Waals surface area (Å²) in [5.41, 5.74) is 3.84. The monoisotopic (exact) mass is 786 g/mol. The van der Waals surface area contributed by atoms with Crippen LogP contribution >= 0.6 is 34.5 Å². The number of aromatic hydroxyl groups is 2. The van der Waals surface area contributed by atoms with Crippen LogP contribution in [0.4, 0.5) is 0 Å². The predicted octanol–water partition coefficient (Wildman–Crippen LogP) is 9.72. The van der Waals surface area contributed by atoms with Gasteiger partial charge in [-0.3, -0.25) is 0 Å². The van der Waals surface area contributed by atoms with Gasteiger partial charge in [0.05, 0.1) is 0 Å². The number of hydrogen-bond donors (Lipinski definition) is 2. The first kappa shape index (κ1) is 39.3. The quantitative estimate of drug-likeness (QED) is 0.125. The molecule has 2 atom stereocenters. The van der Waals surface area contributed by atoms with Crippen LogP contribution in [0.3, 0.4) is 0 Å². The van der Waals surface area contributed by atoms with Gasteiger partial charge >= 0.3 is 35.6 Å². The molecule has 0 heterocycles. The summed E-state index contributed by atoms with van der Waals surface area (Å²) in [5, 5.41) is 30.8. The molecule has 6 aromatic carbocycles. The maximum absolute atomic E-state index is 11.9. The van der Waals surface area contributed by atoms with Crippen molar-refractivity contribution in [2.24, 2.45) is 0 Å². The van der Waals surface area contributed by atoms with Crippen LogP contribution in [0.25, 0.3) is 11.1 Å². The number of benzene rings is 6. The Morgan fingerprint density at radius 2 is 0.706 bits per heavy atom. The van der Waals surface area contributed by atoms with Gasteiger partial charge in [-0.25, -0.2) is 0 Å². The first-order valence-electron chi connectivity index (χ1n) is 17.0. The van der Waals surface area contributed by atoms with Crippen molar-refractivity contribution in [3.05, 3.63) is 157 Å². The molecule has 0 saturated heterocycles. The van der Waals surface area contributed by atoms with Gasteiger partial charge in [0.1, 0.15) is 47.7 Å². The van der Waals surface area contributed by atoms with Gasteiger partial charge in [0, 0.05) is 22.3 Å². The van der Waals surface area contributed by atoms with Crippen LogP contribution in [0.1, 0.15) is 52.7 Å².